The van der Waals surface area contributed by atoms with Crippen molar-refractivity contribution in [3.8, 4) is 0 Å². The van der Waals surface area contributed by atoms with Crippen LogP contribution < -0.4 is 10.6 Å². The summed E-state index contributed by atoms with van der Waals surface area (Å²) in [5, 5.41) is 15.5. The van der Waals surface area contributed by atoms with Gasteiger partial charge in [-0.1, -0.05) is 0 Å². The maximum atomic E-state index is 6.03. The fraction of sp³-hybridized carbons (Fsp3) is 0.824. The van der Waals surface area contributed by atoms with Crippen molar-refractivity contribution in [1.29, 1.82) is 0 Å². The van der Waals surface area contributed by atoms with Gasteiger partial charge in [0.05, 0.1) is 5.60 Å². The van der Waals surface area contributed by atoms with Crippen LogP contribution in [0.2, 0.25) is 0 Å². The van der Waals surface area contributed by atoms with Crippen molar-refractivity contribution in [3.05, 3.63) is 11.6 Å². The van der Waals surface area contributed by atoms with Crippen LogP contribution in [0.4, 0.5) is 0 Å². The van der Waals surface area contributed by atoms with Crippen molar-refractivity contribution in [2.45, 2.75) is 76.1 Å². The summed E-state index contributed by atoms with van der Waals surface area (Å²) in [5.41, 5.74) is 0.154. The molecule has 1 aromatic rings. The topological polar surface area (TPSA) is 76.4 Å². The maximum absolute atomic E-state index is 6.03. The van der Waals surface area contributed by atoms with Gasteiger partial charge >= 0.3 is 0 Å². The normalized spacial score (nSPS) is 26.2. The molecule has 0 bridgehead atoms. The molecule has 0 radical (unpaired) electrons. The van der Waals surface area contributed by atoms with Crippen LogP contribution in [0.15, 0.2) is 4.99 Å². The Hall–Kier alpha value is -1.63. The Bertz CT molecular complexity index is 617. The minimum Gasteiger partial charge on any atom is -0.375 e. The van der Waals surface area contributed by atoms with Gasteiger partial charge in [-0.15, -0.1) is 10.2 Å². The lowest BCUT2D eigenvalue weighted by molar-refractivity contribution is -0.134. The summed E-state index contributed by atoms with van der Waals surface area (Å²) < 4.78 is 8.03. The molecule has 3 aliphatic rings. The Kier molecular flexibility index (Phi) is 4.20. The lowest BCUT2D eigenvalue weighted by Gasteiger charge is -2.47. The van der Waals surface area contributed by atoms with Gasteiger partial charge in [-0.2, -0.15) is 0 Å². The smallest absolute Gasteiger partial charge is 0.192 e. The third-order valence-corrected chi connectivity index (χ3v) is 5.58. The van der Waals surface area contributed by atoms with Gasteiger partial charge in [0.1, 0.15) is 12.4 Å². The summed E-state index contributed by atoms with van der Waals surface area (Å²) in [4.78, 5) is 4.76. The lowest BCUT2D eigenvalue weighted by Crippen LogP contribution is -2.54. The van der Waals surface area contributed by atoms with Gasteiger partial charge in [-0.3, -0.25) is 0 Å². The number of rotatable bonds is 4. The zero-order valence-electron chi connectivity index (χ0n) is 14.7. The number of hydrogen-bond donors (Lipinski definition) is 2. The van der Waals surface area contributed by atoms with Crippen LogP contribution in [0.3, 0.4) is 0 Å². The summed E-state index contributed by atoms with van der Waals surface area (Å²) in [6, 6.07) is 1.03. The standard InChI is InChI=1S/C17H28N6O/c1-12-21-22-15(23(12)2)11-18-16(19-13-4-5-13)20-14-6-9-24-17(10-14)7-3-8-17/h13-14H,3-11H2,1-2H3,(H2,18,19,20). The number of aromatic nitrogens is 3. The molecule has 0 amide bonds. The first-order valence-corrected chi connectivity index (χ1v) is 9.20. The Labute approximate surface area is 143 Å². The predicted octanol–water partition coefficient (Wildman–Crippen LogP) is 1.42. The van der Waals surface area contributed by atoms with Crippen molar-refractivity contribution < 1.29 is 4.74 Å². The van der Waals surface area contributed by atoms with E-state index >= 15 is 0 Å². The lowest BCUT2D eigenvalue weighted by atomic mass is 9.74. The molecule has 1 saturated heterocycles. The number of aliphatic imine (C=N–C) groups is 1. The van der Waals surface area contributed by atoms with E-state index < -0.39 is 0 Å². The van der Waals surface area contributed by atoms with E-state index in [4.69, 9.17) is 9.73 Å². The molecule has 3 fully saturated rings. The molecule has 24 heavy (non-hydrogen) atoms. The Morgan fingerprint density at radius 3 is 2.67 bits per heavy atom. The SMILES string of the molecule is Cc1nnc(CN=C(NC2CC2)NC2CCOC3(CCC3)C2)n1C. The van der Waals surface area contributed by atoms with Crippen LogP contribution in [-0.4, -0.2) is 45.0 Å². The number of guanidine groups is 1. The van der Waals surface area contributed by atoms with Crippen LogP contribution in [0.25, 0.3) is 0 Å². The Balaban J connectivity index is 1.41. The average molecular weight is 332 g/mol. The largest absolute Gasteiger partial charge is 0.375 e. The summed E-state index contributed by atoms with van der Waals surface area (Å²) in [6.07, 6.45) is 8.36. The molecule has 7 heteroatoms. The Morgan fingerprint density at radius 1 is 1.25 bits per heavy atom. The maximum Gasteiger partial charge on any atom is 0.192 e. The van der Waals surface area contributed by atoms with Crippen molar-refractivity contribution in [2.24, 2.45) is 12.0 Å². The van der Waals surface area contributed by atoms with E-state index in [1.807, 2.05) is 18.5 Å². The third kappa shape index (κ3) is 3.41. The molecule has 1 spiro atoms. The van der Waals surface area contributed by atoms with Gasteiger partial charge in [-0.05, 0) is 51.9 Å². The van der Waals surface area contributed by atoms with E-state index in [-0.39, 0.29) is 5.60 Å². The number of nitrogens with one attached hydrogen (secondary N) is 2. The Morgan fingerprint density at radius 2 is 2.04 bits per heavy atom. The molecular weight excluding hydrogens is 304 g/mol. The van der Waals surface area contributed by atoms with Gasteiger partial charge in [0.2, 0.25) is 0 Å². The summed E-state index contributed by atoms with van der Waals surface area (Å²) in [6.45, 7) is 3.37. The number of hydrogen-bond acceptors (Lipinski definition) is 4. The minimum absolute atomic E-state index is 0.154. The van der Waals surface area contributed by atoms with Crippen LogP contribution >= 0.6 is 0 Å². The van der Waals surface area contributed by atoms with Crippen molar-refractivity contribution >= 4 is 5.96 Å². The van der Waals surface area contributed by atoms with E-state index in [0.717, 1.165) is 37.1 Å². The second kappa shape index (κ2) is 6.35. The zero-order valence-corrected chi connectivity index (χ0v) is 14.7. The molecular formula is C17H28N6O. The zero-order chi connectivity index (χ0) is 16.6. The molecule has 1 atom stereocenters. The van der Waals surface area contributed by atoms with Crippen molar-refractivity contribution in [1.82, 2.24) is 25.4 Å². The van der Waals surface area contributed by atoms with Gasteiger partial charge in [-0.25, -0.2) is 4.99 Å². The van der Waals surface area contributed by atoms with Crippen LogP contribution in [0, 0.1) is 6.92 Å². The molecule has 0 aromatic carbocycles. The quantitative estimate of drug-likeness (QED) is 0.644. The second-order valence-corrected chi connectivity index (χ2v) is 7.52. The summed E-state index contributed by atoms with van der Waals surface area (Å²) in [7, 11) is 1.99. The van der Waals surface area contributed by atoms with E-state index in [1.165, 1.54) is 32.1 Å². The minimum atomic E-state index is 0.154. The molecule has 1 aliphatic heterocycles. The van der Waals surface area contributed by atoms with Gasteiger partial charge in [0.25, 0.3) is 0 Å². The molecule has 7 nitrogen and oxygen atoms in total. The third-order valence-electron chi connectivity index (χ3n) is 5.58. The number of aryl methyl sites for hydroxylation is 1. The van der Waals surface area contributed by atoms with E-state index in [1.54, 1.807) is 0 Å². The van der Waals surface area contributed by atoms with Gasteiger partial charge in [0, 0.05) is 25.7 Å². The molecule has 132 valence electrons. The molecule has 2 saturated carbocycles. The highest BCUT2D eigenvalue weighted by molar-refractivity contribution is 5.80. The number of ether oxygens (including phenoxy) is 1. The summed E-state index contributed by atoms with van der Waals surface area (Å²) >= 11 is 0. The van der Waals surface area contributed by atoms with Crippen LogP contribution in [0.1, 0.15) is 56.6 Å². The van der Waals surface area contributed by atoms with Crippen molar-refractivity contribution in [3.63, 3.8) is 0 Å². The fourth-order valence-corrected chi connectivity index (χ4v) is 3.56. The molecule has 1 unspecified atom stereocenters. The fourth-order valence-electron chi connectivity index (χ4n) is 3.56. The first-order chi connectivity index (χ1) is 11.6. The molecule has 2 heterocycles. The molecule has 2 aliphatic carbocycles. The first kappa shape index (κ1) is 15.9. The number of nitrogens with zero attached hydrogens (tertiary/aromatic N) is 4. The highest BCUT2D eigenvalue weighted by Gasteiger charge is 2.42. The van der Waals surface area contributed by atoms with Gasteiger partial charge in [0.15, 0.2) is 11.8 Å². The highest BCUT2D eigenvalue weighted by Crippen LogP contribution is 2.42. The molecule has 1 aromatic heterocycles. The van der Waals surface area contributed by atoms with E-state index in [2.05, 4.69) is 20.8 Å². The first-order valence-electron chi connectivity index (χ1n) is 9.20. The average Bonchev–Trinajstić information content (AvgIpc) is 3.31. The molecule has 2 N–H and O–H groups in total. The highest BCUT2D eigenvalue weighted by atomic mass is 16.5. The predicted molar refractivity (Wildman–Crippen MR) is 91.7 cm³/mol. The van der Waals surface area contributed by atoms with Gasteiger partial charge < -0.3 is 19.9 Å². The second-order valence-electron chi connectivity index (χ2n) is 7.52. The van der Waals surface area contributed by atoms with E-state index in [0.29, 0.717) is 18.6 Å². The monoisotopic (exact) mass is 332 g/mol. The van der Waals surface area contributed by atoms with E-state index in [9.17, 15) is 0 Å². The summed E-state index contributed by atoms with van der Waals surface area (Å²) in [5.74, 6) is 2.73. The van der Waals surface area contributed by atoms with Crippen molar-refractivity contribution in [2.75, 3.05) is 6.61 Å². The van der Waals surface area contributed by atoms with Crippen LogP contribution in [-0.2, 0) is 18.3 Å². The molecule has 4 rings (SSSR count). The van der Waals surface area contributed by atoms with Crippen LogP contribution in [0.5, 0.6) is 0 Å².